The molecule has 0 spiro atoms. The lowest BCUT2D eigenvalue weighted by Gasteiger charge is -2.12. The molecule has 7 nitrogen and oxygen atoms in total. The fraction of sp³-hybridized carbons (Fsp3) is 0.364. The number of hydrogen-bond donors (Lipinski definition) is 2. The lowest BCUT2D eigenvalue weighted by molar-refractivity contribution is -0.641. The van der Waals surface area contributed by atoms with Crippen LogP contribution in [0.5, 0.6) is 5.75 Å². The van der Waals surface area contributed by atoms with Gasteiger partial charge < -0.3 is 15.2 Å². The van der Waals surface area contributed by atoms with Gasteiger partial charge in [-0.15, -0.1) is 0 Å². The number of benzene rings is 2. The van der Waals surface area contributed by atoms with Crippen LogP contribution in [0.4, 0.5) is 0 Å². The average molecular weight is 396 g/mol. The molecule has 0 radical (unpaired) electrons. The van der Waals surface area contributed by atoms with Gasteiger partial charge in [0.1, 0.15) is 18.1 Å². The molecule has 1 unspecified atom stereocenters. The van der Waals surface area contributed by atoms with E-state index in [1.807, 2.05) is 36.4 Å². The summed E-state index contributed by atoms with van der Waals surface area (Å²) >= 11 is 0. The molecule has 2 N–H and O–H groups in total. The summed E-state index contributed by atoms with van der Waals surface area (Å²) in [5, 5.41) is 11.5. The lowest BCUT2D eigenvalue weighted by Crippen LogP contribution is -2.40. The number of nitrogens with zero attached hydrogens (tertiary/aromatic N) is 2. The van der Waals surface area contributed by atoms with E-state index in [0.717, 1.165) is 28.6 Å². The number of rotatable bonds is 9. The molecule has 1 atom stereocenters. The number of carbonyl (C=O) groups excluding carboxylic acids is 1. The highest BCUT2D eigenvalue weighted by atomic mass is 16.5. The van der Waals surface area contributed by atoms with Crippen LogP contribution in [0.1, 0.15) is 33.1 Å². The first-order chi connectivity index (χ1) is 14.0. The van der Waals surface area contributed by atoms with Gasteiger partial charge in [0.25, 0.3) is 0 Å². The van der Waals surface area contributed by atoms with Gasteiger partial charge in [0, 0.05) is 18.6 Å². The van der Waals surface area contributed by atoms with Crippen molar-refractivity contribution in [3.8, 4) is 5.75 Å². The molecule has 3 aromatic rings. The van der Waals surface area contributed by atoms with Crippen molar-refractivity contribution in [1.29, 1.82) is 0 Å². The van der Waals surface area contributed by atoms with Crippen molar-refractivity contribution in [2.45, 2.75) is 45.7 Å². The summed E-state index contributed by atoms with van der Waals surface area (Å²) in [4.78, 5) is 27.7. The molecule has 0 saturated carbocycles. The van der Waals surface area contributed by atoms with Crippen molar-refractivity contribution in [3.63, 3.8) is 0 Å². The monoisotopic (exact) mass is 396 g/mol. The van der Waals surface area contributed by atoms with Gasteiger partial charge in [0.2, 0.25) is 16.9 Å². The standard InChI is InChI=1S/C22H25N3O4/c1-3-15(22(27)28)23-20(26)13-8-14-29-19-12-7-11-18-21(19)24-16-9-5-6-10-17(16)25(18)4-2/h5-7,9-12,15H,3-4,8,13-14H2,1-2H3,(H-,23,26,27,28)/p+1. The van der Waals surface area contributed by atoms with E-state index in [9.17, 15) is 9.59 Å². The number of carboxylic acids is 1. The molecule has 0 saturated heterocycles. The Morgan fingerprint density at radius 2 is 1.90 bits per heavy atom. The van der Waals surface area contributed by atoms with Crippen LogP contribution in [-0.2, 0) is 16.1 Å². The maximum atomic E-state index is 11.9. The summed E-state index contributed by atoms with van der Waals surface area (Å²) in [6.07, 6.45) is 1.05. The second-order valence-electron chi connectivity index (χ2n) is 6.79. The number of aromatic nitrogens is 2. The molecule has 29 heavy (non-hydrogen) atoms. The minimum atomic E-state index is -1.02. The summed E-state index contributed by atoms with van der Waals surface area (Å²) in [6.45, 7) is 4.98. The maximum absolute atomic E-state index is 11.9. The number of carboxylic acid groups (broad SMARTS) is 1. The fourth-order valence-electron chi connectivity index (χ4n) is 3.36. The highest BCUT2D eigenvalue weighted by molar-refractivity contribution is 5.85. The predicted molar refractivity (Wildman–Crippen MR) is 110 cm³/mol. The Balaban J connectivity index is 1.70. The molecule has 152 valence electrons. The van der Waals surface area contributed by atoms with Crippen LogP contribution < -0.4 is 14.6 Å². The number of amides is 1. The zero-order valence-electron chi connectivity index (χ0n) is 16.7. The Morgan fingerprint density at radius 3 is 2.62 bits per heavy atom. The van der Waals surface area contributed by atoms with E-state index in [1.165, 1.54) is 0 Å². The summed E-state index contributed by atoms with van der Waals surface area (Å²) in [5.74, 6) is -0.628. The molecule has 3 rings (SSSR count). The van der Waals surface area contributed by atoms with Gasteiger partial charge in [-0.05, 0) is 31.9 Å². The minimum absolute atomic E-state index is 0.208. The zero-order valence-corrected chi connectivity index (χ0v) is 16.7. The molecular formula is C22H26N3O4+. The third kappa shape index (κ3) is 4.62. The van der Waals surface area contributed by atoms with Gasteiger partial charge in [-0.2, -0.15) is 4.57 Å². The average Bonchev–Trinajstić information content (AvgIpc) is 2.73. The van der Waals surface area contributed by atoms with E-state index >= 15 is 0 Å². The first-order valence-corrected chi connectivity index (χ1v) is 9.91. The summed E-state index contributed by atoms with van der Waals surface area (Å²) in [5.41, 5.74) is 3.75. The molecule has 1 heterocycles. The maximum Gasteiger partial charge on any atom is 0.326 e. The molecule has 1 aromatic heterocycles. The number of aryl methyl sites for hydroxylation is 1. The van der Waals surface area contributed by atoms with Crippen LogP contribution >= 0.6 is 0 Å². The highest BCUT2D eigenvalue weighted by Crippen LogP contribution is 2.24. The van der Waals surface area contributed by atoms with Crippen molar-refractivity contribution in [3.05, 3.63) is 42.5 Å². The molecule has 0 aliphatic rings. The van der Waals surface area contributed by atoms with E-state index in [4.69, 9.17) is 14.8 Å². The van der Waals surface area contributed by atoms with Crippen LogP contribution in [0.2, 0.25) is 0 Å². The Bertz CT molecular complexity index is 1040. The molecule has 7 heteroatoms. The second kappa shape index (κ2) is 9.32. The van der Waals surface area contributed by atoms with Crippen molar-refractivity contribution < 1.29 is 24.0 Å². The Labute approximate surface area is 169 Å². The van der Waals surface area contributed by atoms with E-state index in [-0.39, 0.29) is 12.3 Å². The first-order valence-electron chi connectivity index (χ1n) is 9.91. The molecule has 0 bridgehead atoms. The normalized spacial score (nSPS) is 12.1. The molecule has 0 aliphatic heterocycles. The first kappa shape index (κ1) is 20.5. The SMILES string of the molecule is CCC(NC(=O)CCCOc1cccc2c1nc1ccccc1[n+]2CC)C(=O)O. The summed E-state index contributed by atoms with van der Waals surface area (Å²) in [6, 6.07) is 13.0. The Hall–Kier alpha value is -3.22. The number of nitrogens with one attached hydrogen (secondary N) is 1. The third-order valence-electron chi connectivity index (χ3n) is 4.84. The summed E-state index contributed by atoms with van der Waals surface area (Å²) < 4.78 is 8.13. The number of para-hydroxylation sites is 3. The molecule has 0 fully saturated rings. The Morgan fingerprint density at radius 1 is 1.14 bits per heavy atom. The quantitative estimate of drug-likeness (QED) is 0.330. The summed E-state index contributed by atoms with van der Waals surface area (Å²) in [7, 11) is 0. The third-order valence-corrected chi connectivity index (χ3v) is 4.84. The highest BCUT2D eigenvalue weighted by Gasteiger charge is 2.19. The van der Waals surface area contributed by atoms with Crippen molar-refractivity contribution in [1.82, 2.24) is 10.3 Å². The van der Waals surface area contributed by atoms with Crippen molar-refractivity contribution in [2.75, 3.05) is 6.61 Å². The van der Waals surface area contributed by atoms with Crippen LogP contribution in [0.15, 0.2) is 42.5 Å². The van der Waals surface area contributed by atoms with E-state index in [1.54, 1.807) is 6.92 Å². The van der Waals surface area contributed by atoms with Gasteiger partial charge in [-0.3, -0.25) is 4.79 Å². The van der Waals surface area contributed by atoms with E-state index in [2.05, 4.69) is 22.9 Å². The fourth-order valence-corrected chi connectivity index (χ4v) is 3.36. The number of fused-ring (bicyclic) bond motifs is 2. The minimum Gasteiger partial charge on any atom is -0.491 e. The van der Waals surface area contributed by atoms with Crippen LogP contribution in [-0.4, -0.2) is 34.6 Å². The van der Waals surface area contributed by atoms with Crippen LogP contribution in [0.25, 0.3) is 22.1 Å². The molecule has 2 aromatic carbocycles. The number of ether oxygens (including phenoxy) is 1. The van der Waals surface area contributed by atoms with E-state index < -0.39 is 12.0 Å². The van der Waals surface area contributed by atoms with E-state index in [0.29, 0.717) is 25.2 Å². The molecule has 0 aliphatic carbocycles. The van der Waals surface area contributed by atoms with Gasteiger partial charge in [0.15, 0.2) is 11.3 Å². The van der Waals surface area contributed by atoms with Crippen LogP contribution in [0.3, 0.4) is 0 Å². The largest absolute Gasteiger partial charge is 0.491 e. The van der Waals surface area contributed by atoms with Crippen molar-refractivity contribution in [2.24, 2.45) is 0 Å². The molecular weight excluding hydrogens is 370 g/mol. The van der Waals surface area contributed by atoms with Gasteiger partial charge in [-0.25, -0.2) is 9.78 Å². The zero-order chi connectivity index (χ0) is 20.8. The molecule has 1 amide bonds. The topological polar surface area (TPSA) is 92.4 Å². The number of aliphatic carboxylic acids is 1. The second-order valence-corrected chi connectivity index (χ2v) is 6.79. The Kier molecular flexibility index (Phi) is 6.59. The smallest absolute Gasteiger partial charge is 0.326 e. The van der Waals surface area contributed by atoms with Crippen molar-refractivity contribution >= 4 is 33.9 Å². The lowest BCUT2D eigenvalue weighted by atomic mass is 10.2. The number of hydrogen-bond acceptors (Lipinski definition) is 4. The predicted octanol–water partition coefficient (Wildman–Crippen LogP) is 2.83. The van der Waals surface area contributed by atoms with Gasteiger partial charge in [0.05, 0.1) is 6.61 Å². The van der Waals surface area contributed by atoms with Crippen LogP contribution in [0, 0.1) is 0 Å². The van der Waals surface area contributed by atoms with Gasteiger partial charge >= 0.3 is 5.97 Å². The van der Waals surface area contributed by atoms with Gasteiger partial charge in [-0.1, -0.05) is 25.1 Å². The number of carbonyl (C=O) groups is 2.